The van der Waals surface area contributed by atoms with Crippen molar-refractivity contribution in [2.75, 3.05) is 0 Å². The second kappa shape index (κ2) is 3.15. The molecular weight excluding hydrogens is 156 g/mol. The lowest BCUT2D eigenvalue weighted by Gasteiger charge is -2.42. The lowest BCUT2D eigenvalue weighted by atomic mass is 9.63. The number of rotatable bonds is 1. The first kappa shape index (κ1) is 10.8. The third-order valence-corrected chi connectivity index (χ3v) is 4.01. The third-order valence-electron chi connectivity index (χ3n) is 4.01. The van der Waals surface area contributed by atoms with Crippen molar-refractivity contribution >= 4 is 0 Å². The largest absolute Gasteiger partial charge is 0.0679 e. The molecule has 0 radical (unpaired) electrons. The Morgan fingerprint density at radius 1 is 1.00 bits per heavy atom. The fourth-order valence-corrected chi connectivity index (χ4v) is 2.62. The van der Waals surface area contributed by atoms with Crippen LogP contribution in [0.5, 0.6) is 0 Å². The standard InChI is InChI=1S/C13H24/c1-7-11-10(2)12(3,4)8-9-13(11,5)6/h7-9H2,1-6H3. The topological polar surface area (TPSA) is 0 Å². The van der Waals surface area contributed by atoms with Crippen molar-refractivity contribution in [1.82, 2.24) is 0 Å². The summed E-state index contributed by atoms with van der Waals surface area (Å²) in [5.41, 5.74) is 4.24. The zero-order valence-electron chi connectivity index (χ0n) is 10.1. The quantitative estimate of drug-likeness (QED) is 0.519. The molecule has 0 aromatic heterocycles. The summed E-state index contributed by atoms with van der Waals surface area (Å²) >= 11 is 0. The predicted molar refractivity (Wildman–Crippen MR) is 59.8 cm³/mol. The molecule has 0 heteroatoms. The van der Waals surface area contributed by atoms with Crippen LogP contribution >= 0.6 is 0 Å². The molecule has 1 aliphatic rings. The van der Waals surface area contributed by atoms with Gasteiger partial charge in [-0.1, -0.05) is 45.8 Å². The highest BCUT2D eigenvalue weighted by molar-refractivity contribution is 5.27. The second-order valence-corrected chi connectivity index (χ2v) is 5.72. The number of hydrogen-bond donors (Lipinski definition) is 0. The van der Waals surface area contributed by atoms with Gasteiger partial charge in [-0.15, -0.1) is 0 Å². The van der Waals surface area contributed by atoms with Gasteiger partial charge < -0.3 is 0 Å². The Kier molecular flexibility index (Phi) is 2.62. The Labute approximate surface area is 83.4 Å². The maximum atomic E-state index is 2.39. The predicted octanol–water partition coefficient (Wildman–Crippen LogP) is 4.56. The van der Waals surface area contributed by atoms with Gasteiger partial charge in [-0.25, -0.2) is 0 Å². The summed E-state index contributed by atoms with van der Waals surface area (Å²) in [5, 5.41) is 0. The molecule has 0 unspecified atom stereocenters. The van der Waals surface area contributed by atoms with E-state index in [-0.39, 0.29) is 0 Å². The Morgan fingerprint density at radius 3 is 1.85 bits per heavy atom. The van der Waals surface area contributed by atoms with Crippen LogP contribution in [0, 0.1) is 10.8 Å². The van der Waals surface area contributed by atoms with Crippen LogP contribution in [-0.2, 0) is 0 Å². The summed E-state index contributed by atoms with van der Waals surface area (Å²) in [6.07, 6.45) is 3.91. The van der Waals surface area contributed by atoms with E-state index in [0.29, 0.717) is 10.8 Å². The maximum Gasteiger partial charge on any atom is -0.0142 e. The molecule has 0 nitrogen and oxygen atoms in total. The molecule has 0 fully saturated rings. The lowest BCUT2D eigenvalue weighted by Crippen LogP contribution is -2.29. The van der Waals surface area contributed by atoms with Gasteiger partial charge >= 0.3 is 0 Å². The molecule has 0 aromatic rings. The van der Waals surface area contributed by atoms with Gasteiger partial charge in [0.05, 0.1) is 0 Å². The van der Waals surface area contributed by atoms with Gasteiger partial charge in [0.2, 0.25) is 0 Å². The van der Waals surface area contributed by atoms with Gasteiger partial charge in [0, 0.05) is 0 Å². The van der Waals surface area contributed by atoms with E-state index in [4.69, 9.17) is 0 Å². The first-order valence-electron chi connectivity index (χ1n) is 5.52. The fraction of sp³-hybridized carbons (Fsp3) is 0.846. The van der Waals surface area contributed by atoms with E-state index in [1.165, 1.54) is 19.3 Å². The van der Waals surface area contributed by atoms with E-state index in [1.54, 1.807) is 11.1 Å². The van der Waals surface area contributed by atoms with Crippen molar-refractivity contribution in [1.29, 1.82) is 0 Å². The molecule has 0 amide bonds. The van der Waals surface area contributed by atoms with Crippen LogP contribution in [0.25, 0.3) is 0 Å². The number of allylic oxidation sites excluding steroid dienone is 2. The minimum atomic E-state index is 0.445. The summed E-state index contributed by atoms with van der Waals surface area (Å²) in [4.78, 5) is 0. The van der Waals surface area contributed by atoms with Crippen molar-refractivity contribution in [3.05, 3.63) is 11.1 Å². The normalized spacial score (nSPS) is 26.3. The van der Waals surface area contributed by atoms with Crippen LogP contribution in [0.1, 0.15) is 60.8 Å². The Bertz CT molecular complexity index is 228. The monoisotopic (exact) mass is 180 g/mol. The minimum absolute atomic E-state index is 0.445. The van der Waals surface area contributed by atoms with Crippen LogP contribution in [0.15, 0.2) is 11.1 Å². The SMILES string of the molecule is CCC1=C(C)C(C)(C)CCC1(C)C. The van der Waals surface area contributed by atoms with Crippen LogP contribution < -0.4 is 0 Å². The van der Waals surface area contributed by atoms with Gasteiger partial charge in [-0.2, -0.15) is 0 Å². The molecule has 0 spiro atoms. The molecule has 0 N–H and O–H groups in total. The number of hydrogen-bond acceptors (Lipinski definition) is 0. The summed E-state index contributed by atoms with van der Waals surface area (Å²) < 4.78 is 0. The molecule has 0 aliphatic heterocycles. The van der Waals surface area contributed by atoms with Crippen LogP contribution in [0.4, 0.5) is 0 Å². The molecule has 0 aromatic carbocycles. The van der Waals surface area contributed by atoms with Crippen LogP contribution in [0.2, 0.25) is 0 Å². The molecule has 0 heterocycles. The molecule has 13 heavy (non-hydrogen) atoms. The van der Waals surface area contributed by atoms with Gasteiger partial charge in [-0.05, 0) is 37.0 Å². The van der Waals surface area contributed by atoms with Gasteiger partial charge in [0.25, 0.3) is 0 Å². The highest BCUT2D eigenvalue weighted by Crippen LogP contribution is 2.49. The van der Waals surface area contributed by atoms with Crippen molar-refractivity contribution in [2.24, 2.45) is 10.8 Å². The fourth-order valence-electron chi connectivity index (χ4n) is 2.62. The zero-order chi connectivity index (χ0) is 10.3. The molecule has 1 aliphatic carbocycles. The first-order chi connectivity index (χ1) is 5.81. The average molecular weight is 180 g/mol. The molecule has 0 bridgehead atoms. The molecule has 76 valence electrons. The van der Waals surface area contributed by atoms with Gasteiger partial charge in [0.15, 0.2) is 0 Å². The lowest BCUT2D eigenvalue weighted by molar-refractivity contribution is 0.256. The smallest absolute Gasteiger partial charge is 0.0142 e. The average Bonchev–Trinajstić information content (AvgIpc) is 2.00. The Balaban J connectivity index is 3.14. The highest BCUT2D eigenvalue weighted by Gasteiger charge is 2.35. The Hall–Kier alpha value is -0.260. The van der Waals surface area contributed by atoms with E-state index in [1.807, 2.05) is 0 Å². The van der Waals surface area contributed by atoms with Crippen molar-refractivity contribution < 1.29 is 0 Å². The van der Waals surface area contributed by atoms with E-state index in [0.717, 1.165) is 0 Å². The van der Waals surface area contributed by atoms with E-state index < -0.39 is 0 Å². The summed E-state index contributed by atoms with van der Waals surface area (Å²) in [6.45, 7) is 14.2. The highest BCUT2D eigenvalue weighted by atomic mass is 14.4. The first-order valence-corrected chi connectivity index (χ1v) is 5.52. The summed E-state index contributed by atoms with van der Waals surface area (Å²) in [7, 11) is 0. The molecule has 1 rings (SSSR count). The van der Waals surface area contributed by atoms with E-state index in [2.05, 4.69) is 41.5 Å². The van der Waals surface area contributed by atoms with E-state index in [9.17, 15) is 0 Å². The van der Waals surface area contributed by atoms with E-state index >= 15 is 0 Å². The molecular formula is C13H24. The zero-order valence-corrected chi connectivity index (χ0v) is 10.1. The molecule has 0 saturated carbocycles. The maximum absolute atomic E-state index is 2.39. The summed E-state index contributed by atoms with van der Waals surface area (Å²) in [6, 6.07) is 0. The molecule has 0 atom stereocenters. The third kappa shape index (κ3) is 1.82. The summed E-state index contributed by atoms with van der Waals surface area (Å²) in [5.74, 6) is 0. The minimum Gasteiger partial charge on any atom is -0.0679 e. The van der Waals surface area contributed by atoms with Gasteiger partial charge in [0.1, 0.15) is 0 Å². The van der Waals surface area contributed by atoms with Gasteiger partial charge in [-0.3, -0.25) is 0 Å². The molecule has 0 saturated heterocycles. The van der Waals surface area contributed by atoms with Crippen molar-refractivity contribution in [3.8, 4) is 0 Å². The Morgan fingerprint density at radius 2 is 1.46 bits per heavy atom. The van der Waals surface area contributed by atoms with Crippen LogP contribution in [-0.4, -0.2) is 0 Å². The van der Waals surface area contributed by atoms with Crippen molar-refractivity contribution in [2.45, 2.75) is 60.8 Å². The van der Waals surface area contributed by atoms with Crippen molar-refractivity contribution in [3.63, 3.8) is 0 Å². The van der Waals surface area contributed by atoms with Crippen LogP contribution in [0.3, 0.4) is 0 Å². The second-order valence-electron chi connectivity index (χ2n) is 5.72.